The summed E-state index contributed by atoms with van der Waals surface area (Å²) >= 11 is 1.32. The minimum Gasteiger partial charge on any atom is -0.451 e. The number of rotatable bonds is 4. The highest BCUT2D eigenvalue weighted by Gasteiger charge is 2.26. The van der Waals surface area contributed by atoms with Crippen LogP contribution in [0.25, 0.3) is 0 Å². The van der Waals surface area contributed by atoms with Crippen LogP contribution in [0.5, 0.6) is 0 Å². The zero-order valence-corrected chi connectivity index (χ0v) is 11.9. The van der Waals surface area contributed by atoms with Crippen molar-refractivity contribution in [1.82, 2.24) is 4.90 Å². The second kappa shape index (κ2) is 6.70. The van der Waals surface area contributed by atoms with Gasteiger partial charge in [-0.25, -0.2) is 4.79 Å². The molecule has 1 amide bonds. The van der Waals surface area contributed by atoms with Crippen LogP contribution in [0.4, 0.5) is 0 Å². The van der Waals surface area contributed by atoms with Crippen molar-refractivity contribution in [2.75, 3.05) is 13.2 Å². The Balaban J connectivity index is 1.85. The van der Waals surface area contributed by atoms with Crippen LogP contribution in [0.15, 0.2) is 17.5 Å². The lowest BCUT2D eigenvalue weighted by atomic mass is 10.00. The molecule has 2 rings (SSSR count). The summed E-state index contributed by atoms with van der Waals surface area (Å²) in [6.07, 6.45) is 4.24. The first-order valence-corrected chi connectivity index (χ1v) is 7.60. The molecule has 0 radical (unpaired) electrons. The van der Waals surface area contributed by atoms with E-state index in [4.69, 9.17) is 4.74 Å². The molecule has 104 valence electrons. The van der Waals surface area contributed by atoms with Crippen molar-refractivity contribution in [3.05, 3.63) is 22.4 Å². The van der Waals surface area contributed by atoms with E-state index in [1.54, 1.807) is 12.1 Å². The van der Waals surface area contributed by atoms with E-state index in [-0.39, 0.29) is 12.5 Å². The Morgan fingerprint density at radius 3 is 3.00 bits per heavy atom. The molecule has 1 aromatic rings. The molecule has 1 atom stereocenters. The average Bonchev–Trinajstić information content (AvgIpc) is 2.98. The van der Waals surface area contributed by atoms with E-state index in [0.717, 1.165) is 25.8 Å². The van der Waals surface area contributed by atoms with Crippen LogP contribution in [0.2, 0.25) is 0 Å². The molecular weight excluding hydrogens is 262 g/mol. The summed E-state index contributed by atoms with van der Waals surface area (Å²) in [5.74, 6) is -0.482. The molecule has 19 heavy (non-hydrogen) atoms. The Kier molecular flexibility index (Phi) is 4.96. The lowest BCUT2D eigenvalue weighted by Crippen LogP contribution is -2.45. The van der Waals surface area contributed by atoms with Crippen molar-refractivity contribution >= 4 is 23.2 Å². The molecule has 1 aromatic heterocycles. The van der Waals surface area contributed by atoms with Crippen molar-refractivity contribution < 1.29 is 14.3 Å². The summed E-state index contributed by atoms with van der Waals surface area (Å²) in [5, 5.41) is 1.82. The highest BCUT2D eigenvalue weighted by molar-refractivity contribution is 7.11. The molecule has 0 saturated carbocycles. The summed E-state index contributed by atoms with van der Waals surface area (Å²) in [6.45, 7) is 2.73. The van der Waals surface area contributed by atoms with Gasteiger partial charge in [0.2, 0.25) is 0 Å². The largest absolute Gasteiger partial charge is 0.451 e. The topological polar surface area (TPSA) is 46.6 Å². The second-order valence-electron chi connectivity index (χ2n) is 4.70. The van der Waals surface area contributed by atoms with Crippen molar-refractivity contribution in [3.8, 4) is 0 Å². The number of ether oxygens (including phenoxy) is 1. The number of likely N-dealkylation sites (tertiary alicyclic amines) is 1. The molecule has 0 bridgehead atoms. The zero-order chi connectivity index (χ0) is 13.7. The van der Waals surface area contributed by atoms with Crippen LogP contribution in [0, 0.1) is 0 Å². The van der Waals surface area contributed by atoms with E-state index in [1.165, 1.54) is 17.8 Å². The predicted molar refractivity (Wildman–Crippen MR) is 74.2 cm³/mol. The van der Waals surface area contributed by atoms with E-state index in [1.807, 2.05) is 10.3 Å². The van der Waals surface area contributed by atoms with Gasteiger partial charge < -0.3 is 9.64 Å². The number of thiophene rings is 1. The Morgan fingerprint density at radius 2 is 2.32 bits per heavy atom. The quantitative estimate of drug-likeness (QED) is 0.797. The molecule has 1 fully saturated rings. The first-order valence-electron chi connectivity index (χ1n) is 6.72. The minimum atomic E-state index is -0.409. The van der Waals surface area contributed by atoms with E-state index < -0.39 is 5.97 Å². The maximum Gasteiger partial charge on any atom is 0.348 e. The Labute approximate surface area is 117 Å². The van der Waals surface area contributed by atoms with Gasteiger partial charge in [0.25, 0.3) is 5.91 Å². The van der Waals surface area contributed by atoms with Gasteiger partial charge in [0, 0.05) is 12.6 Å². The van der Waals surface area contributed by atoms with Crippen LogP contribution >= 0.6 is 11.3 Å². The fraction of sp³-hybridized carbons (Fsp3) is 0.571. The van der Waals surface area contributed by atoms with E-state index in [9.17, 15) is 9.59 Å². The van der Waals surface area contributed by atoms with Crippen LogP contribution in [0.1, 0.15) is 42.3 Å². The predicted octanol–water partition coefficient (Wildman–Crippen LogP) is 2.70. The van der Waals surface area contributed by atoms with Gasteiger partial charge in [-0.2, -0.15) is 0 Å². The first kappa shape index (κ1) is 14.1. The summed E-state index contributed by atoms with van der Waals surface area (Å²) < 4.78 is 5.07. The lowest BCUT2D eigenvalue weighted by Gasteiger charge is -2.35. The number of carbonyl (C=O) groups is 2. The number of hydrogen-bond acceptors (Lipinski definition) is 4. The molecule has 0 spiro atoms. The zero-order valence-electron chi connectivity index (χ0n) is 11.1. The Morgan fingerprint density at radius 1 is 1.47 bits per heavy atom. The average molecular weight is 281 g/mol. The molecule has 0 N–H and O–H groups in total. The van der Waals surface area contributed by atoms with Gasteiger partial charge in [-0.3, -0.25) is 4.79 Å². The molecule has 0 aliphatic carbocycles. The highest BCUT2D eigenvalue weighted by atomic mass is 32.1. The smallest absolute Gasteiger partial charge is 0.348 e. The van der Waals surface area contributed by atoms with Crippen molar-refractivity contribution in [1.29, 1.82) is 0 Å². The van der Waals surface area contributed by atoms with Gasteiger partial charge in [0.1, 0.15) is 4.88 Å². The van der Waals surface area contributed by atoms with Crippen LogP contribution in [-0.2, 0) is 9.53 Å². The van der Waals surface area contributed by atoms with Gasteiger partial charge in [-0.15, -0.1) is 11.3 Å². The van der Waals surface area contributed by atoms with Gasteiger partial charge in [-0.05, 0) is 37.1 Å². The van der Waals surface area contributed by atoms with E-state index in [0.29, 0.717) is 10.9 Å². The molecule has 0 aromatic carbocycles. The lowest BCUT2D eigenvalue weighted by molar-refractivity contribution is -0.138. The van der Waals surface area contributed by atoms with Crippen LogP contribution in [0.3, 0.4) is 0 Å². The molecular formula is C14H19NO3S. The van der Waals surface area contributed by atoms with Crippen molar-refractivity contribution in [2.45, 2.75) is 38.6 Å². The molecule has 1 aliphatic heterocycles. The molecule has 0 unspecified atom stereocenters. The summed E-state index contributed by atoms with van der Waals surface area (Å²) in [5.41, 5.74) is 0. The Bertz CT molecular complexity index is 430. The monoisotopic (exact) mass is 281 g/mol. The Hall–Kier alpha value is -1.36. The number of esters is 1. The van der Waals surface area contributed by atoms with E-state index in [2.05, 4.69) is 6.92 Å². The van der Waals surface area contributed by atoms with Gasteiger partial charge in [0.15, 0.2) is 6.61 Å². The number of piperidine rings is 1. The standard InChI is InChI=1S/C14H19NO3S/c1-2-11-6-3-4-8-15(11)13(16)10-18-14(17)12-7-5-9-19-12/h5,7,9,11H,2-4,6,8,10H2,1H3/t11-/m0/s1. The molecule has 2 heterocycles. The van der Waals surface area contributed by atoms with E-state index >= 15 is 0 Å². The molecule has 1 aliphatic rings. The molecule has 5 heteroatoms. The number of nitrogens with zero attached hydrogens (tertiary/aromatic N) is 1. The number of carbonyl (C=O) groups excluding carboxylic acids is 2. The highest BCUT2D eigenvalue weighted by Crippen LogP contribution is 2.19. The van der Waals surface area contributed by atoms with Crippen LogP contribution in [-0.4, -0.2) is 36.0 Å². The maximum atomic E-state index is 12.1. The second-order valence-corrected chi connectivity index (χ2v) is 5.65. The fourth-order valence-corrected chi connectivity index (χ4v) is 3.05. The number of amides is 1. The minimum absolute atomic E-state index is 0.0727. The van der Waals surface area contributed by atoms with Gasteiger partial charge in [-0.1, -0.05) is 13.0 Å². The van der Waals surface area contributed by atoms with Crippen molar-refractivity contribution in [2.24, 2.45) is 0 Å². The third-order valence-electron chi connectivity index (χ3n) is 3.47. The molecule has 1 saturated heterocycles. The van der Waals surface area contributed by atoms with Crippen molar-refractivity contribution in [3.63, 3.8) is 0 Å². The maximum absolute atomic E-state index is 12.1. The van der Waals surface area contributed by atoms with Gasteiger partial charge >= 0.3 is 5.97 Å². The number of hydrogen-bond donors (Lipinski definition) is 0. The first-order chi connectivity index (χ1) is 9.22. The van der Waals surface area contributed by atoms with Gasteiger partial charge in [0.05, 0.1) is 0 Å². The SMILES string of the molecule is CC[C@H]1CCCCN1C(=O)COC(=O)c1cccs1. The summed E-state index contributed by atoms with van der Waals surface area (Å²) in [6, 6.07) is 3.80. The third-order valence-corrected chi connectivity index (χ3v) is 4.32. The normalized spacial score (nSPS) is 19.2. The van der Waals surface area contributed by atoms with Crippen LogP contribution < -0.4 is 0 Å². The fourth-order valence-electron chi connectivity index (χ4n) is 2.43. The molecule has 4 nitrogen and oxygen atoms in total. The summed E-state index contributed by atoms with van der Waals surface area (Å²) in [7, 11) is 0. The third kappa shape index (κ3) is 3.56. The summed E-state index contributed by atoms with van der Waals surface area (Å²) in [4.78, 5) is 26.2.